The number of aryl methyl sites for hydroxylation is 1. The first-order valence-electron chi connectivity index (χ1n) is 7.39. The van der Waals surface area contributed by atoms with Crippen LogP contribution in [0, 0.1) is 12.8 Å². The molecular weight excluding hydrogens is 330 g/mol. The van der Waals surface area contributed by atoms with Gasteiger partial charge in [-0.25, -0.2) is 4.98 Å². The van der Waals surface area contributed by atoms with Gasteiger partial charge in [0.15, 0.2) is 0 Å². The lowest BCUT2D eigenvalue weighted by molar-refractivity contribution is 0.431. The van der Waals surface area contributed by atoms with Crippen LogP contribution in [0.5, 0.6) is 0 Å². The molecule has 5 heteroatoms. The Morgan fingerprint density at radius 1 is 1.29 bits per heavy atom. The zero-order chi connectivity index (χ0) is 15.1. The monoisotopic (exact) mass is 349 g/mol. The third kappa shape index (κ3) is 2.59. The maximum atomic E-state index is 12.6. The zero-order valence-corrected chi connectivity index (χ0v) is 14.3. The number of rotatable bonds is 1. The fourth-order valence-corrected chi connectivity index (χ4v) is 3.61. The van der Waals surface area contributed by atoms with Crippen molar-refractivity contribution in [1.29, 1.82) is 0 Å². The Labute approximate surface area is 132 Å². The highest BCUT2D eigenvalue weighted by molar-refractivity contribution is 9.10. The lowest BCUT2D eigenvalue weighted by Gasteiger charge is -2.32. The first kappa shape index (κ1) is 14.6. The summed E-state index contributed by atoms with van der Waals surface area (Å²) in [6, 6.07) is 3.92. The molecule has 1 saturated heterocycles. The maximum absolute atomic E-state index is 12.6. The predicted molar refractivity (Wildman–Crippen MR) is 90.0 cm³/mol. The van der Waals surface area contributed by atoms with Gasteiger partial charge in [0.25, 0.3) is 5.56 Å². The first-order chi connectivity index (χ1) is 9.97. The van der Waals surface area contributed by atoms with Crippen LogP contribution in [0.25, 0.3) is 10.9 Å². The largest absolute Gasteiger partial charge is 0.342 e. The van der Waals surface area contributed by atoms with Crippen LogP contribution in [0.1, 0.15) is 25.3 Å². The van der Waals surface area contributed by atoms with Crippen LogP contribution < -0.4 is 10.5 Å². The molecule has 112 valence electrons. The van der Waals surface area contributed by atoms with Crippen LogP contribution in [-0.4, -0.2) is 22.6 Å². The number of anilines is 1. The second kappa shape index (κ2) is 5.44. The zero-order valence-electron chi connectivity index (χ0n) is 12.7. The molecule has 0 aliphatic carbocycles. The van der Waals surface area contributed by atoms with Crippen molar-refractivity contribution in [3.8, 4) is 0 Å². The van der Waals surface area contributed by atoms with Gasteiger partial charge in [-0.15, -0.1) is 0 Å². The van der Waals surface area contributed by atoms with Crippen LogP contribution in [0.4, 0.5) is 5.95 Å². The van der Waals surface area contributed by atoms with Crippen molar-refractivity contribution in [3.63, 3.8) is 0 Å². The van der Waals surface area contributed by atoms with Gasteiger partial charge in [0, 0.05) is 24.6 Å². The summed E-state index contributed by atoms with van der Waals surface area (Å²) in [4.78, 5) is 19.6. The highest BCUT2D eigenvalue weighted by atomic mass is 79.9. The van der Waals surface area contributed by atoms with Gasteiger partial charge in [-0.2, -0.15) is 0 Å². The van der Waals surface area contributed by atoms with E-state index in [0.29, 0.717) is 5.39 Å². The third-order valence-corrected chi connectivity index (χ3v) is 4.93. The number of piperidine rings is 1. The smallest absolute Gasteiger partial charge is 0.262 e. The number of hydrogen-bond donors (Lipinski definition) is 0. The highest BCUT2D eigenvalue weighted by Gasteiger charge is 2.21. The summed E-state index contributed by atoms with van der Waals surface area (Å²) in [6.07, 6.45) is 2.31. The molecule has 0 bridgehead atoms. The number of benzene rings is 1. The van der Waals surface area contributed by atoms with Gasteiger partial charge in [-0.05, 0) is 59.3 Å². The fraction of sp³-hybridized carbons (Fsp3) is 0.500. The van der Waals surface area contributed by atoms with Crippen LogP contribution in [0.3, 0.4) is 0 Å². The minimum Gasteiger partial charge on any atom is -0.342 e. The second-order valence-electron chi connectivity index (χ2n) is 6.09. The van der Waals surface area contributed by atoms with E-state index in [2.05, 4.69) is 27.8 Å². The van der Waals surface area contributed by atoms with Gasteiger partial charge >= 0.3 is 0 Å². The van der Waals surface area contributed by atoms with Crippen molar-refractivity contribution in [2.75, 3.05) is 18.0 Å². The summed E-state index contributed by atoms with van der Waals surface area (Å²) in [5.41, 5.74) is 1.85. The van der Waals surface area contributed by atoms with E-state index in [0.717, 1.165) is 53.4 Å². The van der Waals surface area contributed by atoms with E-state index in [9.17, 15) is 4.79 Å². The van der Waals surface area contributed by atoms with Gasteiger partial charge < -0.3 is 4.90 Å². The van der Waals surface area contributed by atoms with Crippen molar-refractivity contribution in [3.05, 3.63) is 32.5 Å². The number of halogens is 1. The molecule has 0 N–H and O–H groups in total. The summed E-state index contributed by atoms with van der Waals surface area (Å²) in [5, 5.41) is 0.679. The molecule has 21 heavy (non-hydrogen) atoms. The van der Waals surface area contributed by atoms with E-state index in [1.807, 2.05) is 26.1 Å². The van der Waals surface area contributed by atoms with Crippen molar-refractivity contribution in [2.24, 2.45) is 13.0 Å². The Morgan fingerprint density at radius 2 is 1.95 bits per heavy atom. The SMILES string of the molecule is Cc1cc(Br)c2nc(N3CCC(C)CC3)n(C)c(=O)c2c1. The van der Waals surface area contributed by atoms with Gasteiger partial charge in [0.05, 0.1) is 10.9 Å². The lowest BCUT2D eigenvalue weighted by atomic mass is 10.00. The Hall–Kier alpha value is -1.36. The summed E-state index contributed by atoms with van der Waals surface area (Å²) in [5.74, 6) is 1.54. The van der Waals surface area contributed by atoms with Crippen molar-refractivity contribution < 1.29 is 0 Å². The third-order valence-electron chi connectivity index (χ3n) is 4.32. The minimum atomic E-state index is 0.0259. The van der Waals surface area contributed by atoms with Gasteiger partial charge in [0.1, 0.15) is 0 Å². The molecule has 2 heterocycles. The summed E-state index contributed by atoms with van der Waals surface area (Å²) >= 11 is 3.54. The van der Waals surface area contributed by atoms with E-state index in [1.165, 1.54) is 0 Å². The quantitative estimate of drug-likeness (QED) is 0.793. The Morgan fingerprint density at radius 3 is 2.62 bits per heavy atom. The molecule has 0 atom stereocenters. The van der Waals surface area contributed by atoms with Crippen molar-refractivity contribution >= 4 is 32.8 Å². The molecule has 1 aliphatic heterocycles. The topological polar surface area (TPSA) is 38.1 Å². The first-order valence-corrected chi connectivity index (χ1v) is 8.18. The van der Waals surface area contributed by atoms with Gasteiger partial charge in [-0.3, -0.25) is 9.36 Å². The van der Waals surface area contributed by atoms with E-state index in [-0.39, 0.29) is 5.56 Å². The molecule has 0 radical (unpaired) electrons. The van der Waals surface area contributed by atoms with Crippen LogP contribution in [-0.2, 0) is 7.05 Å². The molecule has 1 aromatic carbocycles. The normalized spacial score (nSPS) is 16.7. The fourth-order valence-electron chi connectivity index (χ4n) is 2.95. The lowest BCUT2D eigenvalue weighted by Crippen LogP contribution is -2.37. The molecule has 2 aromatic rings. The number of fused-ring (bicyclic) bond motifs is 1. The van der Waals surface area contributed by atoms with E-state index >= 15 is 0 Å². The average molecular weight is 350 g/mol. The second-order valence-corrected chi connectivity index (χ2v) is 6.94. The molecular formula is C16H20BrN3O. The van der Waals surface area contributed by atoms with E-state index < -0.39 is 0 Å². The average Bonchev–Trinajstić information content (AvgIpc) is 2.44. The van der Waals surface area contributed by atoms with Crippen LogP contribution in [0.15, 0.2) is 21.4 Å². The standard InChI is InChI=1S/C16H20BrN3O/c1-10-4-6-20(7-5-10)16-18-14-12(15(21)19(16)3)8-11(2)9-13(14)17/h8-10H,4-7H2,1-3H3. The molecule has 0 spiro atoms. The Bertz CT molecular complexity index is 745. The molecule has 3 rings (SSSR count). The molecule has 0 unspecified atom stereocenters. The minimum absolute atomic E-state index is 0.0259. The maximum Gasteiger partial charge on any atom is 0.262 e. The number of hydrogen-bond acceptors (Lipinski definition) is 3. The number of aromatic nitrogens is 2. The van der Waals surface area contributed by atoms with Crippen molar-refractivity contribution in [2.45, 2.75) is 26.7 Å². The molecule has 1 aromatic heterocycles. The number of nitrogens with zero attached hydrogens (tertiary/aromatic N) is 3. The van der Waals surface area contributed by atoms with E-state index in [4.69, 9.17) is 4.98 Å². The molecule has 4 nitrogen and oxygen atoms in total. The molecule has 1 fully saturated rings. The highest BCUT2D eigenvalue weighted by Crippen LogP contribution is 2.26. The van der Waals surface area contributed by atoms with E-state index in [1.54, 1.807) is 4.57 Å². The molecule has 0 amide bonds. The van der Waals surface area contributed by atoms with Crippen LogP contribution >= 0.6 is 15.9 Å². The van der Waals surface area contributed by atoms with Gasteiger partial charge in [0.2, 0.25) is 5.95 Å². The summed E-state index contributed by atoms with van der Waals surface area (Å²) in [6.45, 7) is 6.21. The summed E-state index contributed by atoms with van der Waals surface area (Å²) < 4.78 is 2.58. The van der Waals surface area contributed by atoms with Crippen molar-refractivity contribution in [1.82, 2.24) is 9.55 Å². The Balaban J connectivity index is 2.16. The van der Waals surface area contributed by atoms with Gasteiger partial charge in [-0.1, -0.05) is 6.92 Å². The summed E-state index contributed by atoms with van der Waals surface area (Å²) in [7, 11) is 1.82. The molecule has 0 saturated carbocycles. The Kier molecular flexibility index (Phi) is 3.78. The predicted octanol–water partition coefficient (Wildman–Crippen LogP) is 3.24. The van der Waals surface area contributed by atoms with Crippen LogP contribution in [0.2, 0.25) is 0 Å². The molecule has 1 aliphatic rings.